The fourth-order valence-corrected chi connectivity index (χ4v) is 5.05. The predicted octanol–water partition coefficient (Wildman–Crippen LogP) is 4.06. The summed E-state index contributed by atoms with van der Waals surface area (Å²) in [5.74, 6) is 0.0883. The van der Waals surface area contributed by atoms with E-state index in [1.54, 1.807) is 19.1 Å². The minimum Gasteiger partial charge on any atom is -0.325 e. The first-order chi connectivity index (χ1) is 12.8. The smallest absolute Gasteiger partial charge is 0.243 e. The molecule has 1 N–H and O–H groups in total. The van der Waals surface area contributed by atoms with Crippen LogP contribution in [0.15, 0.2) is 52.3 Å². The van der Waals surface area contributed by atoms with Gasteiger partial charge in [-0.3, -0.25) is 4.79 Å². The van der Waals surface area contributed by atoms with Crippen molar-refractivity contribution < 1.29 is 13.2 Å². The number of amides is 1. The van der Waals surface area contributed by atoms with Gasteiger partial charge >= 0.3 is 0 Å². The molecule has 0 aromatic heterocycles. The van der Waals surface area contributed by atoms with Crippen molar-refractivity contribution in [1.82, 2.24) is 4.31 Å². The van der Waals surface area contributed by atoms with Crippen LogP contribution in [0.25, 0.3) is 0 Å². The predicted molar refractivity (Wildman–Crippen MR) is 112 cm³/mol. The van der Waals surface area contributed by atoms with Crippen LogP contribution in [0.4, 0.5) is 5.69 Å². The summed E-state index contributed by atoms with van der Waals surface area (Å²) in [4.78, 5) is 13.5. The number of nitrogens with zero attached hydrogens (tertiary/aromatic N) is 1. The second kappa shape index (κ2) is 9.39. The molecule has 0 bridgehead atoms. The van der Waals surface area contributed by atoms with Gasteiger partial charge in [0.25, 0.3) is 0 Å². The third-order valence-electron chi connectivity index (χ3n) is 4.19. The van der Waals surface area contributed by atoms with E-state index in [0.717, 1.165) is 4.90 Å². The number of carbonyl (C=O) groups is 1. The Balaban J connectivity index is 2.11. The second-order valence-corrected chi connectivity index (χ2v) is 9.17. The molecule has 27 heavy (non-hydrogen) atoms. The van der Waals surface area contributed by atoms with Crippen molar-refractivity contribution in [2.75, 3.05) is 24.2 Å². The Morgan fingerprint density at radius 3 is 2.26 bits per heavy atom. The molecule has 146 valence electrons. The molecule has 0 radical (unpaired) electrons. The highest BCUT2D eigenvalue weighted by Gasteiger charge is 2.24. The lowest BCUT2D eigenvalue weighted by Gasteiger charge is -2.20. The molecule has 2 aromatic rings. The third-order valence-corrected chi connectivity index (χ3v) is 7.39. The molecule has 0 spiro atoms. The number of hydrogen-bond donors (Lipinski definition) is 1. The monoisotopic (exact) mass is 406 g/mol. The summed E-state index contributed by atoms with van der Waals surface area (Å²) in [6.45, 7) is 8.20. The van der Waals surface area contributed by atoms with Crippen LogP contribution in [0.5, 0.6) is 0 Å². The van der Waals surface area contributed by atoms with Gasteiger partial charge in [-0.05, 0) is 43.7 Å². The van der Waals surface area contributed by atoms with Gasteiger partial charge in [0, 0.05) is 23.7 Å². The van der Waals surface area contributed by atoms with E-state index >= 15 is 0 Å². The first-order valence-corrected chi connectivity index (χ1v) is 11.3. The fraction of sp³-hybridized carbons (Fsp3) is 0.350. The Hall–Kier alpha value is -1.83. The van der Waals surface area contributed by atoms with Gasteiger partial charge in [-0.15, -0.1) is 11.8 Å². The summed E-state index contributed by atoms with van der Waals surface area (Å²) in [7, 11) is -3.57. The van der Waals surface area contributed by atoms with E-state index in [9.17, 15) is 13.2 Å². The number of anilines is 1. The third kappa shape index (κ3) is 5.57. The fourth-order valence-electron chi connectivity index (χ4n) is 2.64. The van der Waals surface area contributed by atoms with Gasteiger partial charge in [0.2, 0.25) is 15.9 Å². The van der Waals surface area contributed by atoms with Crippen molar-refractivity contribution in [3.63, 3.8) is 0 Å². The van der Waals surface area contributed by atoms with Gasteiger partial charge in [0.1, 0.15) is 0 Å². The maximum absolute atomic E-state index is 12.8. The molecule has 0 aliphatic heterocycles. The molecule has 1 amide bonds. The molecule has 0 fully saturated rings. The van der Waals surface area contributed by atoms with E-state index in [4.69, 9.17) is 0 Å². The van der Waals surface area contributed by atoms with Crippen LogP contribution in [0, 0.1) is 13.8 Å². The molecule has 0 unspecified atom stereocenters. The Morgan fingerprint density at radius 2 is 1.67 bits per heavy atom. The minimum atomic E-state index is -3.57. The normalized spacial score (nSPS) is 11.6. The number of carbonyl (C=O) groups excluding carboxylic acids is 1. The lowest BCUT2D eigenvalue weighted by molar-refractivity contribution is -0.113. The summed E-state index contributed by atoms with van der Waals surface area (Å²) in [5, 5.41) is 2.80. The maximum atomic E-state index is 12.8. The molecule has 0 aliphatic rings. The van der Waals surface area contributed by atoms with Crippen molar-refractivity contribution >= 4 is 33.4 Å². The molecule has 0 saturated heterocycles. The molecule has 5 nitrogen and oxygen atoms in total. The van der Waals surface area contributed by atoms with Crippen molar-refractivity contribution in [3.05, 3.63) is 53.6 Å². The average Bonchev–Trinajstić information content (AvgIpc) is 2.63. The van der Waals surface area contributed by atoms with E-state index < -0.39 is 10.0 Å². The largest absolute Gasteiger partial charge is 0.325 e. The van der Waals surface area contributed by atoms with Crippen LogP contribution in [-0.2, 0) is 14.8 Å². The van der Waals surface area contributed by atoms with Gasteiger partial charge < -0.3 is 5.32 Å². The number of hydrogen-bond acceptors (Lipinski definition) is 4. The topological polar surface area (TPSA) is 66.5 Å². The zero-order chi connectivity index (χ0) is 20.0. The summed E-state index contributed by atoms with van der Waals surface area (Å²) in [5.41, 5.74) is 2.32. The number of benzene rings is 2. The summed E-state index contributed by atoms with van der Waals surface area (Å²) in [6, 6.07) is 13.0. The maximum Gasteiger partial charge on any atom is 0.243 e. The molecule has 2 rings (SSSR count). The Bertz CT molecular complexity index is 890. The van der Waals surface area contributed by atoms with E-state index in [2.05, 4.69) is 5.32 Å². The second-order valence-electron chi connectivity index (χ2n) is 6.22. The quantitative estimate of drug-likeness (QED) is 0.671. The van der Waals surface area contributed by atoms with Crippen LogP contribution in [0.2, 0.25) is 0 Å². The van der Waals surface area contributed by atoms with Gasteiger partial charge in [0.15, 0.2) is 0 Å². The molecule has 0 aliphatic carbocycles. The van der Waals surface area contributed by atoms with Crippen LogP contribution in [-0.4, -0.2) is 37.5 Å². The highest BCUT2D eigenvalue weighted by atomic mass is 32.2. The van der Waals surface area contributed by atoms with Crippen LogP contribution < -0.4 is 5.32 Å². The van der Waals surface area contributed by atoms with E-state index in [1.165, 1.54) is 27.7 Å². The summed E-state index contributed by atoms with van der Waals surface area (Å²) in [6.07, 6.45) is 0. The lowest BCUT2D eigenvalue weighted by Crippen LogP contribution is -2.31. The SMILES string of the molecule is CCN(CC)S(=O)(=O)c1cc(NC(=O)CSc2ccc(C)cc2)ccc1C. The summed E-state index contributed by atoms with van der Waals surface area (Å²) >= 11 is 1.44. The highest BCUT2D eigenvalue weighted by Crippen LogP contribution is 2.24. The van der Waals surface area contributed by atoms with Crippen molar-refractivity contribution in [2.45, 2.75) is 37.5 Å². The molecule has 7 heteroatoms. The Labute approximate surface area is 166 Å². The Kier molecular flexibility index (Phi) is 7.47. The molecule has 0 saturated carbocycles. The van der Waals surface area contributed by atoms with Crippen molar-refractivity contribution in [1.29, 1.82) is 0 Å². The number of nitrogens with one attached hydrogen (secondary N) is 1. The van der Waals surface area contributed by atoms with Gasteiger partial charge in [-0.25, -0.2) is 8.42 Å². The van der Waals surface area contributed by atoms with E-state index in [0.29, 0.717) is 24.3 Å². The van der Waals surface area contributed by atoms with Crippen molar-refractivity contribution in [2.24, 2.45) is 0 Å². The highest BCUT2D eigenvalue weighted by molar-refractivity contribution is 8.00. The zero-order valence-corrected chi connectivity index (χ0v) is 17.8. The van der Waals surface area contributed by atoms with Gasteiger partial charge in [-0.1, -0.05) is 37.6 Å². The van der Waals surface area contributed by atoms with E-state index in [-0.39, 0.29) is 16.6 Å². The number of sulfonamides is 1. The zero-order valence-electron chi connectivity index (χ0n) is 16.2. The number of rotatable bonds is 8. The van der Waals surface area contributed by atoms with Gasteiger partial charge in [-0.2, -0.15) is 4.31 Å². The summed E-state index contributed by atoms with van der Waals surface area (Å²) < 4.78 is 27.0. The van der Waals surface area contributed by atoms with Crippen LogP contribution in [0.3, 0.4) is 0 Å². The molecule has 0 atom stereocenters. The standard InChI is InChI=1S/C20H26N2O3S2/c1-5-22(6-2)27(24,25)19-13-17(10-9-16(19)4)21-20(23)14-26-18-11-7-15(3)8-12-18/h7-13H,5-6,14H2,1-4H3,(H,21,23). The van der Waals surface area contributed by atoms with Gasteiger partial charge in [0.05, 0.1) is 10.6 Å². The molecular weight excluding hydrogens is 380 g/mol. The molecule has 0 heterocycles. The van der Waals surface area contributed by atoms with Crippen LogP contribution >= 0.6 is 11.8 Å². The first kappa shape index (κ1) is 21.5. The minimum absolute atomic E-state index is 0.171. The van der Waals surface area contributed by atoms with Crippen LogP contribution in [0.1, 0.15) is 25.0 Å². The van der Waals surface area contributed by atoms with Crippen molar-refractivity contribution in [3.8, 4) is 0 Å². The number of aryl methyl sites for hydroxylation is 2. The first-order valence-electron chi connectivity index (χ1n) is 8.88. The Morgan fingerprint density at radius 1 is 1.04 bits per heavy atom. The molecular formula is C20H26N2O3S2. The lowest BCUT2D eigenvalue weighted by atomic mass is 10.2. The molecule has 2 aromatic carbocycles. The number of thioether (sulfide) groups is 1. The average molecular weight is 407 g/mol. The van der Waals surface area contributed by atoms with E-state index in [1.807, 2.05) is 45.0 Å².